The van der Waals surface area contributed by atoms with E-state index in [1.807, 2.05) is 0 Å². The third kappa shape index (κ3) is 3.16. The maximum Gasteiger partial charge on any atom is 0.536 e. The highest BCUT2D eigenvalue weighted by Crippen LogP contribution is 2.39. The van der Waals surface area contributed by atoms with Crippen LogP contribution in [0.25, 0.3) is 0 Å². The van der Waals surface area contributed by atoms with Crippen molar-refractivity contribution in [2.24, 2.45) is 0 Å². The quantitative estimate of drug-likeness (QED) is 0.656. The monoisotopic (exact) mass is 200 g/mol. The van der Waals surface area contributed by atoms with Crippen LogP contribution in [0.15, 0.2) is 0 Å². The molecule has 0 fully saturated rings. The van der Waals surface area contributed by atoms with Crippen molar-refractivity contribution in [3.05, 3.63) is 0 Å². The zero-order valence-corrected chi connectivity index (χ0v) is 7.02. The van der Waals surface area contributed by atoms with E-state index in [-0.39, 0.29) is 6.61 Å². The van der Waals surface area contributed by atoms with Gasteiger partial charge in [0.15, 0.2) is 0 Å². The Kier molecular flexibility index (Phi) is 4.15. The lowest BCUT2D eigenvalue weighted by atomic mass is 10.5. The first-order valence-corrected chi connectivity index (χ1v) is 4.23. The molecule has 0 aliphatic heterocycles. The first kappa shape index (κ1) is 11.3. The topological polar surface area (TPSA) is 50.1 Å². The van der Waals surface area contributed by atoms with Crippen molar-refractivity contribution < 1.29 is 22.3 Å². The van der Waals surface area contributed by atoms with Crippen LogP contribution >= 0.6 is 8.03 Å². The minimum absolute atomic E-state index is 0.108. The third-order valence-electron chi connectivity index (χ3n) is 0.899. The van der Waals surface area contributed by atoms with Crippen molar-refractivity contribution in [3.8, 4) is 6.07 Å². The van der Waals surface area contributed by atoms with Gasteiger partial charge in [0.2, 0.25) is 0 Å². The molecule has 0 saturated carbocycles. The molecular formula is C5H6F3NO2P+. The number of nitrogens with zero attached hydrogens (tertiary/aromatic N) is 1. The minimum Gasteiger partial charge on any atom is -0.193 e. The molecular weight excluding hydrogens is 194 g/mol. The predicted molar refractivity (Wildman–Crippen MR) is 34.7 cm³/mol. The molecule has 0 aliphatic rings. The van der Waals surface area contributed by atoms with Gasteiger partial charge in [-0.25, -0.2) is 0 Å². The van der Waals surface area contributed by atoms with Crippen LogP contribution in [0.3, 0.4) is 0 Å². The minimum atomic E-state index is -4.78. The number of alkyl halides is 3. The van der Waals surface area contributed by atoms with Gasteiger partial charge < -0.3 is 0 Å². The molecule has 0 rings (SSSR count). The average molecular weight is 200 g/mol. The van der Waals surface area contributed by atoms with Gasteiger partial charge in [-0.3, -0.25) is 0 Å². The van der Waals surface area contributed by atoms with Crippen LogP contribution in [-0.4, -0.2) is 18.4 Å². The number of nitriles is 1. The fourth-order valence-corrected chi connectivity index (χ4v) is 1.18. The van der Waals surface area contributed by atoms with Gasteiger partial charge in [-0.2, -0.15) is 18.4 Å². The molecule has 0 aliphatic carbocycles. The van der Waals surface area contributed by atoms with E-state index in [1.54, 1.807) is 0 Å². The third-order valence-corrected chi connectivity index (χ3v) is 2.24. The van der Waals surface area contributed by atoms with Crippen molar-refractivity contribution in [2.75, 3.05) is 6.61 Å². The van der Waals surface area contributed by atoms with Crippen molar-refractivity contribution in [1.29, 1.82) is 5.26 Å². The fourth-order valence-electron chi connectivity index (χ4n) is 0.442. The van der Waals surface area contributed by atoms with Crippen LogP contribution in [0.1, 0.15) is 6.92 Å². The number of hydrogen-bond acceptors (Lipinski definition) is 3. The second-order valence-corrected chi connectivity index (χ2v) is 3.12. The predicted octanol–water partition coefficient (Wildman–Crippen LogP) is 2.22. The zero-order valence-electron chi connectivity index (χ0n) is 6.13. The van der Waals surface area contributed by atoms with Gasteiger partial charge in [0, 0.05) is 0 Å². The molecule has 0 heterocycles. The number of rotatable bonds is 3. The molecule has 0 radical (unpaired) electrons. The van der Waals surface area contributed by atoms with E-state index in [0.29, 0.717) is 0 Å². The molecule has 0 aromatic rings. The van der Waals surface area contributed by atoms with Crippen LogP contribution in [0.5, 0.6) is 0 Å². The largest absolute Gasteiger partial charge is 0.536 e. The lowest BCUT2D eigenvalue weighted by Gasteiger charge is -2.01. The lowest BCUT2D eigenvalue weighted by molar-refractivity contribution is -0.121. The molecule has 12 heavy (non-hydrogen) atoms. The van der Waals surface area contributed by atoms with Gasteiger partial charge in [-0.05, 0) is 11.5 Å². The summed E-state index contributed by atoms with van der Waals surface area (Å²) in [5, 5.41) is 8.02. The SMILES string of the molecule is CCO[P+](=O)C(C#N)C(F)(F)F. The molecule has 0 spiro atoms. The van der Waals surface area contributed by atoms with Crippen molar-refractivity contribution in [1.82, 2.24) is 0 Å². The zero-order chi connectivity index (χ0) is 9.78. The second-order valence-electron chi connectivity index (χ2n) is 1.78. The summed E-state index contributed by atoms with van der Waals surface area (Å²) in [5.41, 5.74) is -2.52. The van der Waals surface area contributed by atoms with E-state index in [1.165, 1.54) is 6.92 Å². The summed E-state index contributed by atoms with van der Waals surface area (Å²) in [4.78, 5) is 0. The van der Waals surface area contributed by atoms with E-state index in [4.69, 9.17) is 5.26 Å². The molecule has 3 nitrogen and oxygen atoms in total. The first-order chi connectivity index (χ1) is 5.43. The van der Waals surface area contributed by atoms with Gasteiger partial charge in [-0.1, -0.05) is 0 Å². The van der Waals surface area contributed by atoms with Gasteiger partial charge in [-0.15, -0.1) is 4.52 Å². The Morgan fingerprint density at radius 1 is 1.67 bits per heavy atom. The summed E-state index contributed by atoms with van der Waals surface area (Å²) in [6, 6.07) is 0.893. The summed E-state index contributed by atoms with van der Waals surface area (Å²) >= 11 is 0. The van der Waals surface area contributed by atoms with Gasteiger partial charge >= 0.3 is 19.9 Å². The van der Waals surface area contributed by atoms with Crippen LogP contribution in [0.2, 0.25) is 0 Å². The molecule has 2 unspecified atom stereocenters. The van der Waals surface area contributed by atoms with Gasteiger partial charge in [0.25, 0.3) is 0 Å². The van der Waals surface area contributed by atoms with Crippen LogP contribution in [0.4, 0.5) is 13.2 Å². The summed E-state index contributed by atoms with van der Waals surface area (Å²) in [6.07, 6.45) is -4.78. The maximum atomic E-state index is 11.8. The summed E-state index contributed by atoms with van der Waals surface area (Å²) in [7, 11) is -2.97. The van der Waals surface area contributed by atoms with E-state index in [2.05, 4.69) is 4.52 Å². The molecule has 0 bridgehead atoms. The Labute approximate surface area is 68.0 Å². The van der Waals surface area contributed by atoms with Crippen molar-refractivity contribution in [3.63, 3.8) is 0 Å². The Morgan fingerprint density at radius 3 is 2.42 bits per heavy atom. The van der Waals surface area contributed by atoms with E-state index in [9.17, 15) is 17.7 Å². The molecule has 0 saturated heterocycles. The average Bonchev–Trinajstić information content (AvgIpc) is 1.85. The van der Waals surface area contributed by atoms with Crippen molar-refractivity contribution in [2.45, 2.75) is 18.8 Å². The smallest absolute Gasteiger partial charge is 0.193 e. The fraction of sp³-hybridized carbons (Fsp3) is 0.800. The molecule has 0 N–H and O–H groups in total. The van der Waals surface area contributed by atoms with E-state index in [0.717, 1.165) is 6.07 Å². The molecule has 2 atom stereocenters. The maximum absolute atomic E-state index is 11.8. The molecule has 0 amide bonds. The van der Waals surface area contributed by atoms with E-state index >= 15 is 0 Å². The molecule has 7 heteroatoms. The van der Waals surface area contributed by atoms with Gasteiger partial charge in [0.05, 0.1) is 6.61 Å². The number of halogens is 3. The molecule has 0 aromatic heterocycles. The number of hydrogen-bond donors (Lipinski definition) is 0. The Hall–Kier alpha value is -0.660. The highest BCUT2D eigenvalue weighted by Gasteiger charge is 2.55. The summed E-state index contributed by atoms with van der Waals surface area (Å²) < 4.78 is 50.2. The normalized spacial score (nSPS) is 15.1. The Balaban J connectivity index is 4.39. The Bertz CT molecular complexity index is 210. The van der Waals surface area contributed by atoms with Crippen LogP contribution < -0.4 is 0 Å². The summed E-state index contributed by atoms with van der Waals surface area (Å²) in [6.45, 7) is 1.29. The Morgan fingerprint density at radius 2 is 2.17 bits per heavy atom. The summed E-state index contributed by atoms with van der Waals surface area (Å²) in [5.74, 6) is 0. The van der Waals surface area contributed by atoms with Crippen molar-refractivity contribution >= 4 is 8.03 Å². The molecule has 0 aromatic carbocycles. The molecule has 68 valence electrons. The van der Waals surface area contributed by atoms with E-state index < -0.39 is 19.9 Å². The van der Waals surface area contributed by atoms with Crippen LogP contribution in [-0.2, 0) is 9.09 Å². The van der Waals surface area contributed by atoms with Crippen LogP contribution in [0, 0.1) is 11.3 Å². The standard InChI is InChI=1S/C5H6F3NO2P/c1-2-11-12(10)4(3-9)5(6,7)8/h4H,2H2,1H3/q+1. The highest BCUT2D eigenvalue weighted by atomic mass is 31.1. The second kappa shape index (κ2) is 4.39. The first-order valence-electron chi connectivity index (χ1n) is 2.99. The highest BCUT2D eigenvalue weighted by molar-refractivity contribution is 7.40. The van der Waals surface area contributed by atoms with Gasteiger partial charge in [0.1, 0.15) is 6.07 Å². The lowest BCUT2D eigenvalue weighted by Crippen LogP contribution is -2.24.